The van der Waals surface area contributed by atoms with E-state index < -0.39 is 0 Å². The number of hydrogen-bond acceptors (Lipinski definition) is 5. The molecule has 3 rings (SSSR count). The van der Waals surface area contributed by atoms with Gasteiger partial charge >= 0.3 is 0 Å². The van der Waals surface area contributed by atoms with Gasteiger partial charge in [-0.2, -0.15) is 9.78 Å². The van der Waals surface area contributed by atoms with E-state index in [1.807, 2.05) is 59.4 Å². The van der Waals surface area contributed by atoms with E-state index in [4.69, 9.17) is 16.3 Å². The Hall–Kier alpha value is -2.31. The van der Waals surface area contributed by atoms with Crippen LogP contribution in [0.5, 0.6) is 5.75 Å². The quantitative estimate of drug-likeness (QED) is 0.174. The van der Waals surface area contributed by atoms with Crippen LogP contribution in [-0.2, 0) is 12.2 Å². The predicted molar refractivity (Wildman–Crippen MR) is 129 cm³/mol. The van der Waals surface area contributed by atoms with Gasteiger partial charge in [0.25, 0.3) is 0 Å². The van der Waals surface area contributed by atoms with E-state index in [0.29, 0.717) is 0 Å². The molecule has 0 aliphatic heterocycles. The molecule has 0 atom stereocenters. The van der Waals surface area contributed by atoms with Crippen molar-refractivity contribution >= 4 is 29.6 Å². The van der Waals surface area contributed by atoms with Crippen molar-refractivity contribution in [3.8, 4) is 5.75 Å². The molecule has 0 fully saturated rings. The van der Waals surface area contributed by atoms with Crippen LogP contribution in [0, 0.1) is 0 Å². The molecule has 31 heavy (non-hydrogen) atoms. The van der Waals surface area contributed by atoms with E-state index in [1.165, 1.54) is 18.4 Å². The smallest absolute Gasteiger partial charge is 0.212 e. The highest BCUT2D eigenvalue weighted by molar-refractivity contribution is 7.98. The molecule has 1 aromatic heterocycles. The van der Waals surface area contributed by atoms with Gasteiger partial charge in [0.1, 0.15) is 5.75 Å². The number of thioether (sulfide) groups is 1. The van der Waals surface area contributed by atoms with Crippen LogP contribution < -0.4 is 4.74 Å². The lowest BCUT2D eigenvalue weighted by Gasteiger charge is -2.06. The number of aromatic nitrogens is 3. The number of unbranched alkanes of at least 4 members (excludes halogenated alkanes) is 2. The molecule has 0 bridgehead atoms. The minimum absolute atomic E-state index is 0.740. The van der Waals surface area contributed by atoms with Crippen LogP contribution in [0.2, 0.25) is 5.02 Å². The van der Waals surface area contributed by atoms with Gasteiger partial charge in [-0.15, -0.1) is 10.2 Å². The molecule has 164 valence electrons. The number of rotatable bonds is 12. The summed E-state index contributed by atoms with van der Waals surface area (Å²) in [5.41, 5.74) is 2.19. The molecule has 0 unspecified atom stereocenters. The molecule has 0 aliphatic carbocycles. The molecule has 0 N–H and O–H groups in total. The van der Waals surface area contributed by atoms with Gasteiger partial charge in [-0.05, 0) is 60.4 Å². The van der Waals surface area contributed by atoms with E-state index in [0.717, 1.165) is 58.9 Å². The summed E-state index contributed by atoms with van der Waals surface area (Å²) in [7, 11) is 0. The summed E-state index contributed by atoms with van der Waals surface area (Å²) in [5, 5.41) is 14.9. The molecule has 1 heterocycles. The minimum Gasteiger partial charge on any atom is -0.494 e. The van der Waals surface area contributed by atoms with E-state index in [9.17, 15) is 0 Å². The number of hydrogen-bond donors (Lipinski definition) is 0. The van der Waals surface area contributed by atoms with Crippen LogP contribution in [0.4, 0.5) is 0 Å². The zero-order valence-electron chi connectivity index (χ0n) is 18.1. The first kappa shape index (κ1) is 23.4. The summed E-state index contributed by atoms with van der Waals surface area (Å²) < 4.78 is 7.63. The second-order valence-electron chi connectivity index (χ2n) is 7.24. The van der Waals surface area contributed by atoms with E-state index in [2.05, 4.69) is 29.1 Å². The average molecular weight is 457 g/mol. The molecule has 0 saturated heterocycles. The number of aryl methyl sites for hydroxylation is 1. The van der Waals surface area contributed by atoms with Crippen molar-refractivity contribution < 1.29 is 4.74 Å². The Balaban J connectivity index is 1.66. The molecule has 0 amide bonds. The fourth-order valence-electron chi connectivity index (χ4n) is 2.93. The average Bonchev–Trinajstić information content (AvgIpc) is 3.17. The summed E-state index contributed by atoms with van der Waals surface area (Å²) in [6, 6.07) is 15.9. The van der Waals surface area contributed by atoms with Crippen molar-refractivity contribution in [3.05, 3.63) is 70.5 Å². The highest BCUT2D eigenvalue weighted by Crippen LogP contribution is 2.23. The molecular weight excluding hydrogens is 428 g/mol. The van der Waals surface area contributed by atoms with E-state index >= 15 is 0 Å². The van der Waals surface area contributed by atoms with Gasteiger partial charge in [0.15, 0.2) is 5.82 Å². The van der Waals surface area contributed by atoms with E-state index in [1.54, 1.807) is 11.8 Å². The van der Waals surface area contributed by atoms with Gasteiger partial charge in [0.2, 0.25) is 5.16 Å². The largest absolute Gasteiger partial charge is 0.494 e. The fraction of sp³-hybridized carbons (Fsp3) is 0.375. The summed E-state index contributed by atoms with van der Waals surface area (Å²) in [6.45, 7) is 5.08. The Bertz CT molecular complexity index is 955. The minimum atomic E-state index is 0.740. The third-order valence-electron chi connectivity index (χ3n) is 4.65. The Morgan fingerprint density at radius 2 is 1.77 bits per heavy atom. The van der Waals surface area contributed by atoms with Crippen molar-refractivity contribution in [2.24, 2.45) is 5.10 Å². The second-order valence-corrected chi connectivity index (χ2v) is 8.62. The summed E-state index contributed by atoms with van der Waals surface area (Å²) >= 11 is 7.59. The lowest BCUT2D eigenvalue weighted by atomic mass is 10.2. The maximum absolute atomic E-state index is 5.98. The van der Waals surface area contributed by atoms with Crippen LogP contribution in [0.1, 0.15) is 56.5 Å². The maximum atomic E-state index is 5.98. The standard InChI is InChI=1S/C24H29ClN4OS/c1-3-5-6-16-30-22-14-10-19(11-15-22)17-26-29-23(7-4-2)27-28-24(29)31-18-20-8-12-21(25)13-9-20/h8-15,17H,3-7,16,18H2,1-2H3/b26-17-. The van der Waals surface area contributed by atoms with Gasteiger partial charge in [0, 0.05) is 17.2 Å². The zero-order chi connectivity index (χ0) is 21.9. The lowest BCUT2D eigenvalue weighted by molar-refractivity contribution is 0.306. The zero-order valence-corrected chi connectivity index (χ0v) is 19.7. The van der Waals surface area contributed by atoms with Crippen LogP contribution in [0.25, 0.3) is 0 Å². The molecule has 0 saturated carbocycles. The summed E-state index contributed by atoms with van der Waals surface area (Å²) in [6.07, 6.45) is 7.14. The Morgan fingerprint density at radius 1 is 1.00 bits per heavy atom. The van der Waals surface area contributed by atoms with Gasteiger partial charge in [-0.3, -0.25) is 0 Å². The number of halogens is 1. The molecule has 0 radical (unpaired) electrons. The number of nitrogens with zero attached hydrogens (tertiary/aromatic N) is 4. The highest BCUT2D eigenvalue weighted by Gasteiger charge is 2.11. The van der Waals surface area contributed by atoms with Crippen molar-refractivity contribution in [2.75, 3.05) is 6.61 Å². The SMILES string of the molecule is CCCCCOc1ccc(/C=N\n2c(CCC)nnc2SCc2ccc(Cl)cc2)cc1. The molecule has 0 spiro atoms. The first-order valence-electron chi connectivity index (χ1n) is 10.8. The third kappa shape index (κ3) is 7.40. The van der Waals surface area contributed by atoms with Crippen LogP contribution >= 0.6 is 23.4 Å². The Labute approximate surface area is 193 Å². The fourth-order valence-corrected chi connectivity index (χ4v) is 3.91. The maximum Gasteiger partial charge on any atom is 0.212 e. The Kier molecular flexibility index (Phi) is 9.43. The molecule has 0 aliphatic rings. The second kappa shape index (κ2) is 12.5. The van der Waals surface area contributed by atoms with Gasteiger partial charge in [-0.25, -0.2) is 0 Å². The normalized spacial score (nSPS) is 11.3. The van der Waals surface area contributed by atoms with Gasteiger partial charge < -0.3 is 4.74 Å². The van der Waals surface area contributed by atoms with Crippen LogP contribution in [0.3, 0.4) is 0 Å². The molecule has 5 nitrogen and oxygen atoms in total. The number of benzene rings is 2. The lowest BCUT2D eigenvalue weighted by Crippen LogP contribution is -2.00. The van der Waals surface area contributed by atoms with Crippen molar-refractivity contribution in [3.63, 3.8) is 0 Å². The van der Waals surface area contributed by atoms with Crippen LogP contribution in [-0.4, -0.2) is 27.7 Å². The number of ether oxygens (including phenoxy) is 1. The van der Waals surface area contributed by atoms with Gasteiger partial charge in [0.05, 0.1) is 12.8 Å². The third-order valence-corrected chi connectivity index (χ3v) is 5.89. The topological polar surface area (TPSA) is 52.3 Å². The van der Waals surface area contributed by atoms with Gasteiger partial charge in [-0.1, -0.05) is 62.2 Å². The predicted octanol–water partition coefficient (Wildman–Crippen LogP) is 6.63. The Morgan fingerprint density at radius 3 is 2.48 bits per heavy atom. The molecule has 2 aromatic carbocycles. The monoisotopic (exact) mass is 456 g/mol. The molecular formula is C24H29ClN4OS. The van der Waals surface area contributed by atoms with Crippen molar-refractivity contribution in [2.45, 2.75) is 56.9 Å². The molecule has 3 aromatic rings. The van der Waals surface area contributed by atoms with E-state index in [-0.39, 0.29) is 0 Å². The van der Waals surface area contributed by atoms with Crippen molar-refractivity contribution in [1.29, 1.82) is 0 Å². The first-order valence-corrected chi connectivity index (χ1v) is 12.1. The van der Waals surface area contributed by atoms with Crippen LogP contribution in [0.15, 0.2) is 58.8 Å². The summed E-state index contributed by atoms with van der Waals surface area (Å²) in [5.74, 6) is 2.54. The highest BCUT2D eigenvalue weighted by atomic mass is 35.5. The first-order chi connectivity index (χ1) is 15.2. The van der Waals surface area contributed by atoms with Crippen molar-refractivity contribution in [1.82, 2.24) is 14.9 Å². The molecule has 7 heteroatoms. The summed E-state index contributed by atoms with van der Waals surface area (Å²) in [4.78, 5) is 0.